The third-order valence-corrected chi connectivity index (χ3v) is 5.28. The van der Waals surface area contributed by atoms with Gasteiger partial charge in [0.25, 0.3) is 0 Å². The average Bonchev–Trinajstić information content (AvgIpc) is 3.16. The SMILES string of the molecule is CC(NC(=O)C1CC(=O)N(c2ccc(F)cc2)C1)C(=O)NC(Cc1ccccc1)C(=O)O. The molecule has 32 heavy (non-hydrogen) atoms. The van der Waals surface area contributed by atoms with Crippen LogP contribution in [0.15, 0.2) is 54.6 Å². The molecule has 1 aliphatic rings. The molecule has 0 aromatic heterocycles. The molecule has 0 aliphatic carbocycles. The quantitative estimate of drug-likeness (QED) is 0.574. The summed E-state index contributed by atoms with van der Waals surface area (Å²) in [4.78, 5) is 50.3. The van der Waals surface area contributed by atoms with Crippen LogP contribution in [0.2, 0.25) is 0 Å². The Bertz CT molecular complexity index is 996. The summed E-state index contributed by atoms with van der Waals surface area (Å²) in [5.41, 5.74) is 1.24. The summed E-state index contributed by atoms with van der Waals surface area (Å²) in [6, 6.07) is 12.1. The van der Waals surface area contributed by atoms with Crippen LogP contribution in [-0.2, 0) is 25.6 Å². The number of carbonyl (C=O) groups is 4. The first-order chi connectivity index (χ1) is 15.2. The molecule has 1 aliphatic heterocycles. The Morgan fingerprint density at radius 2 is 1.75 bits per heavy atom. The van der Waals surface area contributed by atoms with Gasteiger partial charge in [0.15, 0.2) is 0 Å². The van der Waals surface area contributed by atoms with Gasteiger partial charge in [-0.05, 0) is 36.8 Å². The number of halogens is 1. The number of carboxylic acids is 1. The van der Waals surface area contributed by atoms with Crippen molar-refractivity contribution in [1.82, 2.24) is 10.6 Å². The molecule has 1 heterocycles. The van der Waals surface area contributed by atoms with Gasteiger partial charge in [-0.25, -0.2) is 9.18 Å². The molecule has 168 valence electrons. The Hall–Kier alpha value is -3.75. The second-order valence-electron chi connectivity index (χ2n) is 7.70. The van der Waals surface area contributed by atoms with Gasteiger partial charge >= 0.3 is 5.97 Å². The number of nitrogens with zero attached hydrogens (tertiary/aromatic N) is 1. The first-order valence-electron chi connectivity index (χ1n) is 10.2. The zero-order valence-corrected chi connectivity index (χ0v) is 17.5. The molecule has 3 unspecified atom stereocenters. The lowest BCUT2D eigenvalue weighted by Crippen LogP contribution is -2.52. The van der Waals surface area contributed by atoms with Crippen LogP contribution >= 0.6 is 0 Å². The van der Waals surface area contributed by atoms with Crippen LogP contribution in [0.3, 0.4) is 0 Å². The van der Waals surface area contributed by atoms with Gasteiger partial charge in [0.1, 0.15) is 17.9 Å². The van der Waals surface area contributed by atoms with Crippen molar-refractivity contribution in [1.29, 1.82) is 0 Å². The minimum atomic E-state index is -1.18. The summed E-state index contributed by atoms with van der Waals surface area (Å²) >= 11 is 0. The van der Waals surface area contributed by atoms with E-state index in [4.69, 9.17) is 0 Å². The van der Waals surface area contributed by atoms with E-state index in [0.717, 1.165) is 5.56 Å². The molecule has 0 saturated carbocycles. The van der Waals surface area contributed by atoms with Crippen molar-refractivity contribution in [2.75, 3.05) is 11.4 Å². The zero-order chi connectivity index (χ0) is 23.3. The number of benzene rings is 2. The van der Waals surface area contributed by atoms with Crippen LogP contribution < -0.4 is 15.5 Å². The highest BCUT2D eigenvalue weighted by Crippen LogP contribution is 2.25. The van der Waals surface area contributed by atoms with Gasteiger partial charge in [0.05, 0.1) is 5.92 Å². The molecule has 0 bridgehead atoms. The van der Waals surface area contributed by atoms with Crippen LogP contribution in [0.4, 0.5) is 10.1 Å². The highest BCUT2D eigenvalue weighted by molar-refractivity contribution is 6.01. The van der Waals surface area contributed by atoms with Crippen LogP contribution in [0.5, 0.6) is 0 Å². The number of amides is 3. The summed E-state index contributed by atoms with van der Waals surface area (Å²) in [5, 5.41) is 14.4. The molecule has 2 aromatic carbocycles. The summed E-state index contributed by atoms with van der Waals surface area (Å²) in [6.45, 7) is 1.56. The summed E-state index contributed by atoms with van der Waals surface area (Å²) in [5.74, 6) is -3.69. The number of anilines is 1. The molecule has 2 aromatic rings. The lowest BCUT2D eigenvalue weighted by atomic mass is 10.1. The molecule has 0 radical (unpaired) electrons. The maximum absolute atomic E-state index is 13.1. The fourth-order valence-electron chi connectivity index (χ4n) is 3.50. The number of aliphatic carboxylic acids is 1. The highest BCUT2D eigenvalue weighted by atomic mass is 19.1. The minimum absolute atomic E-state index is 0.0384. The van der Waals surface area contributed by atoms with Gasteiger partial charge in [-0.3, -0.25) is 14.4 Å². The second kappa shape index (κ2) is 10.0. The van der Waals surface area contributed by atoms with Gasteiger partial charge in [-0.15, -0.1) is 0 Å². The van der Waals surface area contributed by atoms with Crippen LogP contribution in [0.1, 0.15) is 18.9 Å². The van der Waals surface area contributed by atoms with E-state index in [-0.39, 0.29) is 25.3 Å². The van der Waals surface area contributed by atoms with Gasteiger partial charge in [-0.2, -0.15) is 0 Å². The molecular weight excluding hydrogens is 417 g/mol. The van der Waals surface area contributed by atoms with Crippen molar-refractivity contribution in [3.63, 3.8) is 0 Å². The molecule has 1 saturated heterocycles. The number of hydrogen-bond donors (Lipinski definition) is 3. The Morgan fingerprint density at radius 3 is 2.38 bits per heavy atom. The standard InChI is InChI=1S/C23H24FN3O5/c1-14(21(29)26-19(23(31)32)11-15-5-3-2-4-6-15)25-22(30)16-12-20(28)27(13-16)18-9-7-17(24)8-10-18/h2-10,14,16,19H,11-13H2,1H3,(H,25,30)(H,26,29)(H,31,32). The van der Waals surface area contributed by atoms with E-state index in [2.05, 4.69) is 10.6 Å². The second-order valence-corrected chi connectivity index (χ2v) is 7.70. The van der Waals surface area contributed by atoms with Crippen molar-refractivity contribution in [2.24, 2.45) is 5.92 Å². The Labute approximate surface area is 184 Å². The van der Waals surface area contributed by atoms with Crippen molar-refractivity contribution in [2.45, 2.75) is 31.8 Å². The first-order valence-corrected chi connectivity index (χ1v) is 10.2. The molecule has 3 N–H and O–H groups in total. The van der Waals surface area contributed by atoms with E-state index in [1.54, 1.807) is 30.3 Å². The summed E-state index contributed by atoms with van der Waals surface area (Å²) in [7, 11) is 0. The number of rotatable bonds is 8. The molecule has 8 nitrogen and oxygen atoms in total. The third kappa shape index (κ3) is 5.69. The number of carboxylic acid groups (broad SMARTS) is 1. The topological polar surface area (TPSA) is 116 Å². The highest BCUT2D eigenvalue weighted by Gasteiger charge is 2.36. The van der Waals surface area contributed by atoms with Crippen LogP contribution in [0, 0.1) is 11.7 Å². The van der Waals surface area contributed by atoms with Crippen LogP contribution in [-0.4, -0.2) is 47.4 Å². The van der Waals surface area contributed by atoms with Crippen molar-refractivity contribution in [3.05, 3.63) is 66.0 Å². The maximum Gasteiger partial charge on any atom is 0.326 e. The largest absolute Gasteiger partial charge is 0.480 e. The van der Waals surface area contributed by atoms with E-state index < -0.39 is 41.6 Å². The van der Waals surface area contributed by atoms with E-state index in [1.165, 1.54) is 36.1 Å². The fourth-order valence-corrected chi connectivity index (χ4v) is 3.50. The van der Waals surface area contributed by atoms with E-state index in [0.29, 0.717) is 5.69 Å². The number of hydrogen-bond acceptors (Lipinski definition) is 4. The fraction of sp³-hybridized carbons (Fsp3) is 0.304. The molecule has 3 amide bonds. The summed E-state index contributed by atoms with van der Waals surface area (Å²) < 4.78 is 13.1. The molecule has 9 heteroatoms. The Balaban J connectivity index is 1.56. The van der Waals surface area contributed by atoms with Gasteiger partial charge in [0, 0.05) is 25.1 Å². The van der Waals surface area contributed by atoms with Crippen molar-refractivity contribution < 1.29 is 28.7 Å². The van der Waals surface area contributed by atoms with Crippen molar-refractivity contribution in [3.8, 4) is 0 Å². The lowest BCUT2D eigenvalue weighted by Gasteiger charge is -2.20. The van der Waals surface area contributed by atoms with E-state index in [9.17, 15) is 28.7 Å². The monoisotopic (exact) mass is 441 g/mol. The maximum atomic E-state index is 13.1. The smallest absolute Gasteiger partial charge is 0.326 e. The zero-order valence-electron chi connectivity index (χ0n) is 17.5. The van der Waals surface area contributed by atoms with E-state index >= 15 is 0 Å². The molecule has 3 rings (SSSR count). The molecule has 0 spiro atoms. The predicted molar refractivity (Wildman–Crippen MR) is 114 cm³/mol. The molecular formula is C23H24FN3O5. The Morgan fingerprint density at radius 1 is 1.09 bits per heavy atom. The first kappa shape index (κ1) is 22.9. The van der Waals surface area contributed by atoms with Crippen LogP contribution in [0.25, 0.3) is 0 Å². The molecule has 3 atom stereocenters. The van der Waals surface area contributed by atoms with Gasteiger partial charge in [0.2, 0.25) is 17.7 Å². The Kier molecular flexibility index (Phi) is 7.19. The molecule has 1 fully saturated rings. The van der Waals surface area contributed by atoms with Gasteiger partial charge in [-0.1, -0.05) is 30.3 Å². The third-order valence-electron chi connectivity index (χ3n) is 5.28. The van der Waals surface area contributed by atoms with Crippen molar-refractivity contribution >= 4 is 29.4 Å². The average molecular weight is 441 g/mol. The summed E-state index contributed by atoms with van der Waals surface area (Å²) in [6.07, 6.45) is 0.0651. The minimum Gasteiger partial charge on any atom is -0.480 e. The normalized spacial score (nSPS) is 17.5. The predicted octanol–water partition coefficient (Wildman–Crippen LogP) is 1.50. The van der Waals surface area contributed by atoms with E-state index in [1.807, 2.05) is 0 Å². The van der Waals surface area contributed by atoms with Gasteiger partial charge < -0.3 is 20.6 Å². The number of nitrogens with one attached hydrogen (secondary N) is 2. The lowest BCUT2D eigenvalue weighted by molar-refractivity contribution is -0.142. The number of carbonyl (C=O) groups excluding carboxylic acids is 3.